The Labute approximate surface area is 327 Å². The number of imidazole rings is 1. The largest absolute Gasteiger partial charge is 0.481 e. The van der Waals surface area contributed by atoms with Crippen LogP contribution in [0.4, 0.5) is 0 Å². The van der Waals surface area contributed by atoms with Crippen LogP contribution in [0.5, 0.6) is 0 Å². The second-order valence-electron chi connectivity index (χ2n) is 15.1. The number of aliphatic hydroxyl groups excluding tert-OH is 1. The number of piperidine rings is 1. The van der Waals surface area contributed by atoms with Crippen molar-refractivity contribution in [1.29, 1.82) is 0 Å². The standard InChI is InChI=1S/C45H52N4O7/c50-30-31-14-16-34(17-15-31)41-27-38(29-48-24-22-37(23-25-48)49-40-11-6-5-10-39(40)47-45(49)54)55-44(56-41)35-20-18-33(19-21-35)36-9-7-8-32(26-36)28-46-42(51)12-3-1-2-4-13-43(52)53/h5-11,14-21,26,37-38,41,44,50H,1-4,12-13,22-25,27-30H2,(H,46,51)(H,47,54)(H,52,53)/t38-,41+,44+/m1/s1. The number of hydrogen-bond acceptors (Lipinski definition) is 7. The smallest absolute Gasteiger partial charge is 0.326 e. The number of nitrogens with zero attached hydrogens (tertiary/aromatic N) is 2. The summed E-state index contributed by atoms with van der Waals surface area (Å²) in [6.07, 6.45) is 5.30. The van der Waals surface area contributed by atoms with E-state index in [9.17, 15) is 19.5 Å². The minimum atomic E-state index is -0.777. The van der Waals surface area contributed by atoms with E-state index in [0.717, 1.165) is 96.2 Å². The van der Waals surface area contributed by atoms with Gasteiger partial charge in [0, 0.05) is 57.0 Å². The number of H-pyrrole nitrogens is 1. The maximum Gasteiger partial charge on any atom is 0.326 e. The summed E-state index contributed by atoms with van der Waals surface area (Å²) in [5.74, 6) is -0.779. The fourth-order valence-electron chi connectivity index (χ4n) is 8.02. The quantitative estimate of drug-likeness (QED) is 0.0761. The molecule has 5 aromatic rings. The highest BCUT2D eigenvalue weighted by Gasteiger charge is 2.34. The maximum atomic E-state index is 12.9. The molecular formula is C45H52N4O7. The van der Waals surface area contributed by atoms with E-state index in [1.807, 2.05) is 65.2 Å². The number of carboxylic acids is 1. The molecule has 4 aromatic carbocycles. The Morgan fingerprint density at radius 3 is 2.27 bits per heavy atom. The third kappa shape index (κ3) is 10.0. The van der Waals surface area contributed by atoms with Crippen LogP contribution in [0.1, 0.15) is 98.5 Å². The molecule has 3 atom stereocenters. The minimum Gasteiger partial charge on any atom is -0.481 e. The summed E-state index contributed by atoms with van der Waals surface area (Å²) in [5, 5.41) is 21.4. The lowest BCUT2D eigenvalue weighted by atomic mass is 9.98. The zero-order valence-corrected chi connectivity index (χ0v) is 31.8. The number of aromatic nitrogens is 2. The Balaban J connectivity index is 0.975. The molecule has 1 aromatic heterocycles. The van der Waals surface area contributed by atoms with Gasteiger partial charge >= 0.3 is 11.7 Å². The van der Waals surface area contributed by atoms with Gasteiger partial charge in [-0.1, -0.05) is 91.7 Å². The third-order valence-electron chi connectivity index (χ3n) is 11.1. The molecule has 2 aliphatic rings. The summed E-state index contributed by atoms with van der Waals surface area (Å²) in [6, 6.07) is 32.4. The van der Waals surface area contributed by atoms with Crippen molar-refractivity contribution in [2.24, 2.45) is 0 Å². The molecule has 2 aliphatic heterocycles. The molecule has 0 spiro atoms. The summed E-state index contributed by atoms with van der Waals surface area (Å²) in [4.78, 5) is 41.4. The number of hydrogen-bond donors (Lipinski definition) is 4. The predicted molar refractivity (Wildman–Crippen MR) is 215 cm³/mol. The first-order valence-corrected chi connectivity index (χ1v) is 19.9. The van der Waals surface area contributed by atoms with E-state index in [0.29, 0.717) is 25.8 Å². The number of fused-ring (bicyclic) bond motifs is 1. The summed E-state index contributed by atoms with van der Waals surface area (Å²) in [5.41, 5.74) is 7.72. The fraction of sp³-hybridized carbons (Fsp3) is 0.400. The molecule has 2 saturated heterocycles. The number of rotatable bonds is 16. The molecule has 0 radical (unpaired) electrons. The van der Waals surface area contributed by atoms with E-state index in [4.69, 9.17) is 14.6 Å². The highest BCUT2D eigenvalue weighted by Crippen LogP contribution is 2.39. The Morgan fingerprint density at radius 2 is 1.52 bits per heavy atom. The molecule has 4 N–H and O–H groups in total. The van der Waals surface area contributed by atoms with E-state index in [1.165, 1.54) is 0 Å². The van der Waals surface area contributed by atoms with E-state index in [-0.39, 0.29) is 42.9 Å². The molecule has 0 saturated carbocycles. The van der Waals surface area contributed by atoms with E-state index in [1.54, 1.807) is 0 Å². The van der Waals surface area contributed by atoms with Crippen molar-refractivity contribution >= 4 is 22.9 Å². The molecule has 1 amide bonds. The number of likely N-dealkylation sites (tertiary alicyclic amines) is 1. The third-order valence-corrected chi connectivity index (χ3v) is 11.1. The zero-order chi connectivity index (χ0) is 38.9. The van der Waals surface area contributed by atoms with Gasteiger partial charge < -0.3 is 34.9 Å². The highest BCUT2D eigenvalue weighted by molar-refractivity contribution is 5.76. The Morgan fingerprint density at radius 1 is 0.786 bits per heavy atom. The predicted octanol–water partition coefficient (Wildman–Crippen LogP) is 7.41. The van der Waals surface area contributed by atoms with Crippen molar-refractivity contribution in [2.45, 2.75) is 95.5 Å². The van der Waals surface area contributed by atoms with Crippen molar-refractivity contribution in [3.8, 4) is 11.1 Å². The topological polar surface area (TPSA) is 146 Å². The average Bonchev–Trinajstić information content (AvgIpc) is 3.57. The van der Waals surface area contributed by atoms with Crippen molar-refractivity contribution in [1.82, 2.24) is 19.8 Å². The van der Waals surface area contributed by atoms with Gasteiger partial charge in [-0.3, -0.25) is 14.2 Å². The average molecular weight is 761 g/mol. The van der Waals surface area contributed by atoms with Crippen molar-refractivity contribution in [3.63, 3.8) is 0 Å². The zero-order valence-electron chi connectivity index (χ0n) is 31.8. The van der Waals surface area contributed by atoms with Crippen LogP contribution in [0.15, 0.2) is 102 Å². The summed E-state index contributed by atoms with van der Waals surface area (Å²) in [7, 11) is 0. The highest BCUT2D eigenvalue weighted by atomic mass is 16.7. The monoisotopic (exact) mass is 760 g/mol. The molecule has 7 rings (SSSR count). The second-order valence-corrected chi connectivity index (χ2v) is 15.1. The van der Waals surface area contributed by atoms with Crippen LogP contribution < -0.4 is 11.0 Å². The maximum absolute atomic E-state index is 12.9. The lowest BCUT2D eigenvalue weighted by Crippen LogP contribution is -2.43. The fourth-order valence-corrected chi connectivity index (χ4v) is 8.02. The van der Waals surface area contributed by atoms with E-state index < -0.39 is 12.3 Å². The molecule has 0 bridgehead atoms. The number of para-hydroxylation sites is 2. The molecule has 0 unspecified atom stereocenters. The number of aliphatic carboxylic acids is 1. The first kappa shape index (κ1) is 39.2. The number of carbonyl (C=O) groups is 2. The minimum absolute atomic E-state index is 0.00169. The van der Waals surface area contributed by atoms with Crippen molar-refractivity contribution in [3.05, 3.63) is 130 Å². The summed E-state index contributed by atoms with van der Waals surface area (Å²) >= 11 is 0. The van der Waals surface area contributed by atoms with Gasteiger partial charge in [0.25, 0.3) is 0 Å². The Hall–Kier alpha value is -5.07. The van der Waals surface area contributed by atoms with Crippen LogP contribution in [0.2, 0.25) is 0 Å². The summed E-state index contributed by atoms with van der Waals surface area (Å²) < 4.78 is 15.3. The van der Waals surface area contributed by atoms with Gasteiger partial charge in [0.1, 0.15) is 0 Å². The van der Waals surface area contributed by atoms with Gasteiger partial charge in [-0.05, 0) is 71.7 Å². The molecule has 2 fully saturated rings. The number of carboxylic acid groups (broad SMARTS) is 1. The lowest BCUT2D eigenvalue weighted by molar-refractivity contribution is -0.253. The van der Waals surface area contributed by atoms with Gasteiger partial charge in [0.15, 0.2) is 6.29 Å². The van der Waals surface area contributed by atoms with E-state index in [2.05, 4.69) is 51.6 Å². The van der Waals surface area contributed by atoms with Gasteiger partial charge in [-0.15, -0.1) is 0 Å². The normalized spacial score (nSPS) is 19.3. The number of nitrogens with one attached hydrogen (secondary N) is 2. The van der Waals surface area contributed by atoms with Gasteiger partial charge in [0.2, 0.25) is 5.91 Å². The number of aliphatic hydroxyl groups is 1. The van der Waals surface area contributed by atoms with Crippen LogP contribution in [-0.4, -0.2) is 62.3 Å². The molecule has 3 heterocycles. The van der Waals surface area contributed by atoms with Gasteiger partial charge in [0.05, 0.1) is 29.8 Å². The Bertz CT molecular complexity index is 2120. The van der Waals surface area contributed by atoms with Crippen LogP contribution in [0, 0.1) is 0 Å². The van der Waals surface area contributed by atoms with Crippen molar-refractivity contribution < 1.29 is 29.3 Å². The number of benzene rings is 4. The van der Waals surface area contributed by atoms with Gasteiger partial charge in [-0.25, -0.2) is 4.79 Å². The van der Waals surface area contributed by atoms with E-state index >= 15 is 0 Å². The lowest BCUT2D eigenvalue weighted by Gasteiger charge is -2.40. The summed E-state index contributed by atoms with van der Waals surface area (Å²) in [6.45, 7) is 2.92. The van der Waals surface area contributed by atoms with Crippen molar-refractivity contribution in [2.75, 3.05) is 19.6 Å². The number of aromatic amines is 1. The number of unbranched alkanes of at least 4 members (excludes halogenated alkanes) is 3. The molecule has 0 aliphatic carbocycles. The Kier molecular flexibility index (Phi) is 13.1. The second kappa shape index (κ2) is 18.7. The van der Waals surface area contributed by atoms with Gasteiger partial charge in [-0.2, -0.15) is 0 Å². The van der Waals surface area contributed by atoms with Crippen LogP contribution in [0.3, 0.4) is 0 Å². The number of amides is 1. The molecule has 56 heavy (non-hydrogen) atoms. The SMILES string of the molecule is O=C(O)CCCCCCC(=O)NCc1cccc(-c2ccc([C@H]3O[C@@H](CN4CCC(n5c(=O)[nH]c6ccccc65)CC4)C[C@@H](c4ccc(CO)cc4)O3)cc2)c1. The number of ether oxygens (including phenoxy) is 2. The molecule has 11 nitrogen and oxygen atoms in total. The van der Waals surface area contributed by atoms with Crippen LogP contribution in [0.25, 0.3) is 22.2 Å². The first-order valence-electron chi connectivity index (χ1n) is 19.9. The van der Waals surface area contributed by atoms with Crippen LogP contribution in [-0.2, 0) is 32.2 Å². The number of carbonyl (C=O) groups excluding carboxylic acids is 1. The van der Waals surface area contributed by atoms with Crippen LogP contribution >= 0.6 is 0 Å². The molecule has 294 valence electrons. The molecular weight excluding hydrogens is 709 g/mol. The first-order chi connectivity index (χ1) is 27.3. The molecule has 11 heteroatoms.